The van der Waals surface area contributed by atoms with Gasteiger partial charge < -0.3 is 25.6 Å². The monoisotopic (exact) mass is 519 g/mol. The van der Waals surface area contributed by atoms with Crippen LogP contribution in [-0.4, -0.2) is 59.2 Å². The Morgan fingerprint density at radius 1 is 0.800 bits per heavy atom. The summed E-state index contributed by atoms with van der Waals surface area (Å²) in [4.78, 5) is 60.9. The molecular weight excluding hydrogens is 473 g/mol. The van der Waals surface area contributed by atoms with E-state index < -0.39 is 49.2 Å². The van der Waals surface area contributed by atoms with Crippen molar-refractivity contribution in [3.8, 4) is 0 Å². The molecule has 0 aromatic heterocycles. The SMILES string of the molecule is CCOC(=O)CP(=O)(O)[C@H](CC(C)C)NC(=O)[C@@H](NC(=O)C(NC(=O)CC(C)C)C(C)C)C(C)C. The normalized spacial score (nSPS) is 15.9. The zero-order valence-electron chi connectivity index (χ0n) is 22.7. The fourth-order valence-corrected chi connectivity index (χ4v) is 5.20. The Morgan fingerprint density at radius 2 is 1.29 bits per heavy atom. The first-order valence-corrected chi connectivity index (χ1v) is 14.3. The molecule has 0 aromatic rings. The number of rotatable bonds is 15. The number of carbonyl (C=O) groups excluding carboxylic acids is 4. The molecule has 0 rings (SSSR count). The van der Waals surface area contributed by atoms with Crippen molar-refractivity contribution >= 4 is 31.1 Å². The first kappa shape index (κ1) is 33.1. The molecular formula is C24H46N3O7P. The zero-order valence-corrected chi connectivity index (χ0v) is 23.6. The number of ether oxygens (including phenoxy) is 1. The molecule has 0 radical (unpaired) electrons. The van der Waals surface area contributed by atoms with E-state index in [0.717, 1.165) is 0 Å². The van der Waals surface area contributed by atoms with E-state index in [1.54, 1.807) is 34.6 Å². The predicted molar refractivity (Wildman–Crippen MR) is 136 cm³/mol. The number of carbonyl (C=O) groups is 4. The van der Waals surface area contributed by atoms with Crippen molar-refractivity contribution < 1.29 is 33.4 Å². The highest BCUT2D eigenvalue weighted by atomic mass is 31.2. The third kappa shape index (κ3) is 12.5. The Morgan fingerprint density at radius 3 is 1.71 bits per heavy atom. The Hall–Kier alpha value is -1.93. The van der Waals surface area contributed by atoms with Crippen molar-refractivity contribution in [2.75, 3.05) is 12.8 Å². The summed E-state index contributed by atoms with van der Waals surface area (Å²) in [6.45, 7) is 16.2. The molecule has 0 saturated heterocycles. The standard InChI is InChI=1S/C24H46N3O7P/c1-10-34-20(29)13-35(32,33)19(12-15(4)5)26-23(30)22(17(8)9)27-24(31)21(16(6)7)25-18(28)11-14(2)3/h14-17,19,21-22H,10-13H2,1-9H3,(H,25,28)(H,26,30)(H,27,31)(H,32,33)/t19-,21?,22+/m1/s1. The third-order valence-electron chi connectivity index (χ3n) is 5.26. The minimum Gasteiger partial charge on any atom is -0.466 e. The molecule has 2 unspecified atom stereocenters. The van der Waals surface area contributed by atoms with Crippen molar-refractivity contribution in [1.82, 2.24) is 16.0 Å². The maximum Gasteiger partial charge on any atom is 0.315 e. The van der Waals surface area contributed by atoms with Gasteiger partial charge in [-0.3, -0.25) is 23.7 Å². The molecule has 0 saturated carbocycles. The van der Waals surface area contributed by atoms with Crippen molar-refractivity contribution in [2.45, 2.75) is 93.0 Å². The van der Waals surface area contributed by atoms with Gasteiger partial charge in [-0.05, 0) is 37.0 Å². The molecule has 0 aliphatic heterocycles. The lowest BCUT2D eigenvalue weighted by Gasteiger charge is -2.30. The Labute approximate surface area is 210 Å². The van der Waals surface area contributed by atoms with E-state index in [1.165, 1.54) is 0 Å². The average molecular weight is 520 g/mol. The molecule has 4 atom stereocenters. The summed E-state index contributed by atoms with van der Waals surface area (Å²) in [5.74, 6) is -3.87. The lowest BCUT2D eigenvalue weighted by atomic mass is 9.99. The zero-order chi connectivity index (χ0) is 27.5. The fourth-order valence-electron chi connectivity index (χ4n) is 3.44. The first-order chi connectivity index (χ1) is 16.0. The smallest absolute Gasteiger partial charge is 0.315 e. The van der Waals surface area contributed by atoms with Crippen LogP contribution in [-0.2, 0) is 28.5 Å². The summed E-state index contributed by atoms with van der Waals surface area (Å²) in [6, 6.07) is -1.85. The maximum atomic E-state index is 13.2. The number of hydrogen-bond donors (Lipinski definition) is 4. The number of esters is 1. The van der Waals surface area contributed by atoms with E-state index in [0.29, 0.717) is 0 Å². The molecule has 0 aliphatic rings. The van der Waals surface area contributed by atoms with Gasteiger partial charge in [0, 0.05) is 6.42 Å². The van der Waals surface area contributed by atoms with E-state index in [4.69, 9.17) is 4.74 Å². The average Bonchev–Trinajstić information content (AvgIpc) is 2.67. The quantitative estimate of drug-likeness (QED) is 0.192. The van der Waals surface area contributed by atoms with Gasteiger partial charge in [-0.15, -0.1) is 0 Å². The van der Waals surface area contributed by atoms with Crippen molar-refractivity contribution in [2.24, 2.45) is 23.7 Å². The summed E-state index contributed by atoms with van der Waals surface area (Å²) >= 11 is 0. The van der Waals surface area contributed by atoms with Gasteiger partial charge in [0.2, 0.25) is 25.1 Å². The van der Waals surface area contributed by atoms with E-state index in [1.807, 2.05) is 27.7 Å². The lowest BCUT2D eigenvalue weighted by molar-refractivity contribution is -0.140. The second kappa shape index (κ2) is 15.2. The van der Waals surface area contributed by atoms with Crippen LogP contribution in [0.15, 0.2) is 0 Å². The van der Waals surface area contributed by atoms with Gasteiger partial charge in [0.25, 0.3) is 0 Å². The van der Waals surface area contributed by atoms with Crippen LogP contribution >= 0.6 is 7.37 Å². The summed E-state index contributed by atoms with van der Waals surface area (Å²) in [6.07, 6.45) is -0.278. The van der Waals surface area contributed by atoms with Gasteiger partial charge in [0.1, 0.15) is 24.0 Å². The molecule has 0 spiro atoms. The van der Waals surface area contributed by atoms with Gasteiger partial charge in [-0.2, -0.15) is 0 Å². The topological polar surface area (TPSA) is 151 Å². The summed E-state index contributed by atoms with van der Waals surface area (Å²) in [5, 5.41) is 8.03. The molecule has 0 heterocycles. The Balaban J connectivity index is 5.65. The van der Waals surface area contributed by atoms with Crippen LogP contribution in [0, 0.1) is 23.7 Å². The van der Waals surface area contributed by atoms with Crippen LogP contribution < -0.4 is 16.0 Å². The maximum absolute atomic E-state index is 13.2. The molecule has 0 aliphatic carbocycles. The van der Waals surface area contributed by atoms with Crippen molar-refractivity contribution in [3.05, 3.63) is 0 Å². The molecule has 35 heavy (non-hydrogen) atoms. The van der Waals surface area contributed by atoms with Crippen molar-refractivity contribution in [3.63, 3.8) is 0 Å². The Bertz CT molecular complexity index is 768. The largest absolute Gasteiger partial charge is 0.466 e. The lowest BCUT2D eigenvalue weighted by Crippen LogP contribution is -2.58. The number of hydrogen-bond acceptors (Lipinski definition) is 6. The van der Waals surface area contributed by atoms with Gasteiger partial charge in [0.05, 0.1) is 6.61 Å². The minimum absolute atomic E-state index is 0.0449. The highest BCUT2D eigenvalue weighted by Crippen LogP contribution is 2.47. The molecule has 0 bridgehead atoms. The van der Waals surface area contributed by atoms with Crippen LogP contribution in [0.2, 0.25) is 0 Å². The second-order valence-corrected chi connectivity index (χ2v) is 12.9. The molecule has 11 heteroatoms. The first-order valence-electron chi connectivity index (χ1n) is 12.4. The van der Waals surface area contributed by atoms with E-state index in [9.17, 15) is 28.6 Å². The van der Waals surface area contributed by atoms with Gasteiger partial charge >= 0.3 is 5.97 Å². The van der Waals surface area contributed by atoms with Gasteiger partial charge in [-0.25, -0.2) is 0 Å². The van der Waals surface area contributed by atoms with Crippen LogP contribution in [0.25, 0.3) is 0 Å². The predicted octanol–water partition coefficient (Wildman–Crippen LogP) is 2.64. The summed E-state index contributed by atoms with van der Waals surface area (Å²) in [7, 11) is -4.14. The van der Waals surface area contributed by atoms with Crippen LogP contribution in [0.5, 0.6) is 0 Å². The minimum atomic E-state index is -4.14. The van der Waals surface area contributed by atoms with Crippen molar-refractivity contribution in [1.29, 1.82) is 0 Å². The van der Waals surface area contributed by atoms with Crippen LogP contribution in [0.3, 0.4) is 0 Å². The van der Waals surface area contributed by atoms with E-state index >= 15 is 0 Å². The number of amides is 3. The van der Waals surface area contributed by atoms with Gasteiger partial charge in [0.15, 0.2) is 0 Å². The summed E-state index contributed by atoms with van der Waals surface area (Å²) in [5.41, 5.74) is 0. The third-order valence-corrected chi connectivity index (χ3v) is 7.28. The molecule has 10 nitrogen and oxygen atoms in total. The molecule has 0 aromatic carbocycles. The van der Waals surface area contributed by atoms with Gasteiger partial charge in [-0.1, -0.05) is 55.4 Å². The van der Waals surface area contributed by atoms with E-state index in [2.05, 4.69) is 16.0 Å². The summed E-state index contributed by atoms with van der Waals surface area (Å²) < 4.78 is 17.8. The fraction of sp³-hybridized carbons (Fsp3) is 0.833. The molecule has 4 N–H and O–H groups in total. The highest BCUT2D eigenvalue weighted by molar-refractivity contribution is 7.59. The van der Waals surface area contributed by atoms with E-state index in [-0.39, 0.29) is 49.0 Å². The van der Waals surface area contributed by atoms with Crippen LogP contribution in [0.4, 0.5) is 0 Å². The molecule has 204 valence electrons. The molecule has 3 amide bonds. The Kier molecular flexibility index (Phi) is 14.4. The number of nitrogens with one attached hydrogen (secondary N) is 3. The second-order valence-electron chi connectivity index (χ2n) is 10.5. The highest BCUT2D eigenvalue weighted by Gasteiger charge is 2.38. The molecule has 0 fully saturated rings. The van der Waals surface area contributed by atoms with Crippen LogP contribution in [0.1, 0.15) is 75.2 Å².